The van der Waals surface area contributed by atoms with Crippen LogP contribution in [0.25, 0.3) is 0 Å². The van der Waals surface area contributed by atoms with Crippen molar-refractivity contribution in [2.75, 3.05) is 20.8 Å². The average molecular weight is 250 g/mol. The van der Waals surface area contributed by atoms with E-state index in [0.29, 0.717) is 29.4 Å². The molecule has 0 aromatic heterocycles. The minimum absolute atomic E-state index is 0.544. The van der Waals surface area contributed by atoms with Crippen LogP contribution in [0.15, 0.2) is 30.0 Å². The van der Waals surface area contributed by atoms with Gasteiger partial charge in [0.1, 0.15) is 11.9 Å². The monoisotopic (exact) mass is 250 g/mol. The van der Waals surface area contributed by atoms with Crippen LogP contribution in [0.1, 0.15) is 24.5 Å². The Morgan fingerprint density at radius 1 is 1.28 bits per heavy atom. The number of ether oxygens (including phenoxy) is 3. The molecule has 1 N–H and O–H groups in total. The molecular weight excluding hydrogens is 232 g/mol. The van der Waals surface area contributed by atoms with Gasteiger partial charge in [0.05, 0.1) is 20.8 Å². The molecule has 0 aliphatic carbocycles. The standard InChI is InChI=1S/C14H18O4/c1-16-12-8-5-6-10(14(12)17-2)13(15)11-7-3-4-9-18-11/h5-8,13,15H,3-4,9H2,1-2H3. The van der Waals surface area contributed by atoms with Gasteiger partial charge in [-0.1, -0.05) is 12.1 Å². The maximum absolute atomic E-state index is 10.3. The highest BCUT2D eigenvalue weighted by atomic mass is 16.5. The molecule has 0 saturated carbocycles. The number of hydrogen-bond acceptors (Lipinski definition) is 4. The molecule has 0 fully saturated rings. The fourth-order valence-electron chi connectivity index (χ4n) is 2.05. The minimum Gasteiger partial charge on any atom is -0.495 e. The molecule has 4 heteroatoms. The third kappa shape index (κ3) is 2.43. The van der Waals surface area contributed by atoms with E-state index in [9.17, 15) is 5.11 Å². The molecule has 1 heterocycles. The maximum Gasteiger partial charge on any atom is 0.166 e. The van der Waals surface area contributed by atoms with Crippen molar-refractivity contribution >= 4 is 0 Å². The molecule has 1 unspecified atom stereocenters. The van der Waals surface area contributed by atoms with Crippen molar-refractivity contribution in [3.63, 3.8) is 0 Å². The molecule has 0 amide bonds. The number of aliphatic hydroxyl groups excluding tert-OH is 1. The van der Waals surface area contributed by atoms with Crippen LogP contribution in [0.3, 0.4) is 0 Å². The number of allylic oxidation sites excluding steroid dienone is 1. The summed E-state index contributed by atoms with van der Waals surface area (Å²) in [7, 11) is 3.13. The van der Waals surface area contributed by atoms with Crippen molar-refractivity contribution in [1.82, 2.24) is 0 Å². The van der Waals surface area contributed by atoms with Crippen molar-refractivity contribution < 1.29 is 19.3 Å². The van der Waals surface area contributed by atoms with Crippen molar-refractivity contribution in [2.24, 2.45) is 0 Å². The lowest BCUT2D eigenvalue weighted by Crippen LogP contribution is -2.11. The van der Waals surface area contributed by atoms with Gasteiger partial charge in [0, 0.05) is 5.56 Å². The molecule has 4 nitrogen and oxygen atoms in total. The fourth-order valence-corrected chi connectivity index (χ4v) is 2.05. The van der Waals surface area contributed by atoms with Gasteiger partial charge in [-0.05, 0) is 25.0 Å². The predicted octanol–water partition coefficient (Wildman–Crippen LogP) is 2.43. The zero-order valence-electron chi connectivity index (χ0n) is 10.7. The van der Waals surface area contributed by atoms with Gasteiger partial charge in [-0.25, -0.2) is 0 Å². The van der Waals surface area contributed by atoms with Crippen LogP contribution in [-0.4, -0.2) is 25.9 Å². The van der Waals surface area contributed by atoms with Crippen LogP contribution in [0.5, 0.6) is 11.5 Å². The third-order valence-electron chi connectivity index (χ3n) is 2.96. The molecule has 18 heavy (non-hydrogen) atoms. The van der Waals surface area contributed by atoms with Gasteiger partial charge in [0.2, 0.25) is 0 Å². The number of para-hydroxylation sites is 1. The van der Waals surface area contributed by atoms with E-state index >= 15 is 0 Å². The van der Waals surface area contributed by atoms with E-state index in [1.165, 1.54) is 0 Å². The molecule has 0 radical (unpaired) electrons. The van der Waals surface area contributed by atoms with E-state index in [2.05, 4.69) is 0 Å². The molecule has 1 aromatic rings. The van der Waals surface area contributed by atoms with Gasteiger partial charge < -0.3 is 19.3 Å². The van der Waals surface area contributed by atoms with Crippen molar-refractivity contribution in [1.29, 1.82) is 0 Å². The summed E-state index contributed by atoms with van der Waals surface area (Å²) in [5.74, 6) is 1.74. The Bertz CT molecular complexity index is 439. The van der Waals surface area contributed by atoms with Crippen LogP contribution >= 0.6 is 0 Å². The van der Waals surface area contributed by atoms with Crippen molar-refractivity contribution in [2.45, 2.75) is 18.9 Å². The minimum atomic E-state index is -0.810. The van der Waals surface area contributed by atoms with Gasteiger partial charge in [0.15, 0.2) is 11.5 Å². The van der Waals surface area contributed by atoms with Gasteiger partial charge in [-0.2, -0.15) is 0 Å². The highest BCUT2D eigenvalue weighted by Crippen LogP contribution is 2.38. The van der Waals surface area contributed by atoms with E-state index in [1.807, 2.05) is 18.2 Å². The first-order valence-electron chi connectivity index (χ1n) is 5.99. The molecule has 1 aliphatic heterocycles. The summed E-state index contributed by atoms with van der Waals surface area (Å²) in [5.41, 5.74) is 0.657. The molecule has 0 spiro atoms. The number of aliphatic hydroxyl groups is 1. The average Bonchev–Trinajstić information content (AvgIpc) is 2.46. The summed E-state index contributed by atoms with van der Waals surface area (Å²) in [6, 6.07) is 5.43. The third-order valence-corrected chi connectivity index (χ3v) is 2.96. The lowest BCUT2D eigenvalue weighted by Gasteiger charge is -2.22. The molecular formula is C14H18O4. The Balaban J connectivity index is 2.34. The van der Waals surface area contributed by atoms with E-state index in [4.69, 9.17) is 14.2 Å². The highest BCUT2D eigenvalue weighted by Gasteiger charge is 2.22. The first kappa shape index (κ1) is 12.8. The molecule has 1 aliphatic rings. The Labute approximate surface area is 107 Å². The summed E-state index contributed by atoms with van der Waals surface area (Å²) in [6.07, 6.45) is 3.03. The summed E-state index contributed by atoms with van der Waals surface area (Å²) in [5, 5.41) is 10.3. The predicted molar refractivity (Wildman–Crippen MR) is 67.8 cm³/mol. The van der Waals surface area contributed by atoms with Gasteiger partial charge in [-0.3, -0.25) is 0 Å². The maximum atomic E-state index is 10.3. The normalized spacial score (nSPS) is 16.5. The largest absolute Gasteiger partial charge is 0.495 e. The molecule has 98 valence electrons. The molecule has 2 rings (SSSR count). The molecule has 0 saturated heterocycles. The van der Waals surface area contributed by atoms with Crippen LogP contribution in [0.2, 0.25) is 0 Å². The van der Waals surface area contributed by atoms with Crippen LogP contribution < -0.4 is 9.47 Å². The summed E-state index contributed by atoms with van der Waals surface area (Å²) in [4.78, 5) is 0. The SMILES string of the molecule is COc1cccc(C(O)C2=CCCCO2)c1OC. The molecule has 1 atom stereocenters. The summed E-state index contributed by atoms with van der Waals surface area (Å²) in [6.45, 7) is 0.648. The van der Waals surface area contributed by atoms with E-state index in [0.717, 1.165) is 12.8 Å². The van der Waals surface area contributed by atoms with Crippen molar-refractivity contribution in [3.8, 4) is 11.5 Å². The Kier molecular flexibility index (Phi) is 4.10. The first-order valence-corrected chi connectivity index (χ1v) is 5.99. The summed E-state index contributed by atoms with van der Waals surface area (Å²) < 4.78 is 16.0. The van der Waals surface area contributed by atoms with Gasteiger partial charge in [-0.15, -0.1) is 0 Å². The zero-order valence-corrected chi connectivity index (χ0v) is 10.7. The van der Waals surface area contributed by atoms with Crippen molar-refractivity contribution in [3.05, 3.63) is 35.6 Å². The smallest absolute Gasteiger partial charge is 0.166 e. The Morgan fingerprint density at radius 2 is 2.11 bits per heavy atom. The zero-order chi connectivity index (χ0) is 13.0. The highest BCUT2D eigenvalue weighted by molar-refractivity contribution is 5.49. The van der Waals surface area contributed by atoms with Crippen LogP contribution in [-0.2, 0) is 4.74 Å². The Morgan fingerprint density at radius 3 is 2.72 bits per heavy atom. The van der Waals surface area contributed by atoms with Gasteiger partial charge in [0.25, 0.3) is 0 Å². The number of rotatable bonds is 4. The number of methoxy groups -OCH3 is 2. The van der Waals surface area contributed by atoms with Crippen LogP contribution in [0, 0.1) is 0 Å². The Hall–Kier alpha value is -1.68. The second kappa shape index (κ2) is 5.78. The van der Waals surface area contributed by atoms with Gasteiger partial charge >= 0.3 is 0 Å². The topological polar surface area (TPSA) is 47.9 Å². The molecule has 0 bridgehead atoms. The quantitative estimate of drug-likeness (QED) is 0.891. The lowest BCUT2D eigenvalue weighted by atomic mass is 10.0. The molecule has 1 aromatic carbocycles. The summed E-state index contributed by atoms with van der Waals surface area (Å²) >= 11 is 0. The van der Waals surface area contributed by atoms with E-state index < -0.39 is 6.10 Å². The van der Waals surface area contributed by atoms with E-state index in [-0.39, 0.29) is 0 Å². The number of hydrogen-bond donors (Lipinski definition) is 1. The fraction of sp³-hybridized carbons (Fsp3) is 0.429. The second-order valence-corrected chi connectivity index (χ2v) is 4.08. The first-order chi connectivity index (χ1) is 8.77. The second-order valence-electron chi connectivity index (χ2n) is 4.08. The lowest BCUT2D eigenvalue weighted by molar-refractivity contribution is 0.0899. The number of benzene rings is 1. The van der Waals surface area contributed by atoms with Crippen LogP contribution in [0.4, 0.5) is 0 Å². The van der Waals surface area contributed by atoms with E-state index in [1.54, 1.807) is 20.3 Å².